The fraction of sp³-hybridized carbons (Fsp3) is 0.625. The molecule has 0 bridgehead atoms. The molecule has 0 amide bonds. The third-order valence-corrected chi connectivity index (χ3v) is 4.48. The molecule has 0 radical (unpaired) electrons. The lowest BCUT2D eigenvalue weighted by atomic mass is 10.1. The monoisotopic (exact) mass is 244 g/mol. The van der Waals surface area contributed by atoms with E-state index in [-0.39, 0.29) is 0 Å². The van der Waals surface area contributed by atoms with Gasteiger partial charge in [0.15, 0.2) is 0 Å². The largest absolute Gasteiger partial charge is 0.370 e. The normalized spacial score (nSPS) is 25.0. The van der Waals surface area contributed by atoms with E-state index in [4.69, 9.17) is 0 Å². The van der Waals surface area contributed by atoms with Crippen molar-refractivity contribution in [3.8, 4) is 0 Å². The van der Waals surface area contributed by atoms with Crippen LogP contribution >= 0.6 is 0 Å². The van der Waals surface area contributed by atoms with Crippen molar-refractivity contribution in [1.29, 1.82) is 0 Å². The van der Waals surface area contributed by atoms with Gasteiger partial charge in [-0.15, -0.1) is 0 Å². The molecule has 2 heteroatoms. The summed E-state index contributed by atoms with van der Waals surface area (Å²) in [7, 11) is 0. The molecule has 18 heavy (non-hydrogen) atoms. The molecule has 1 aromatic rings. The molecule has 1 aliphatic heterocycles. The topological polar surface area (TPSA) is 15.3 Å². The first-order chi connectivity index (χ1) is 8.74. The van der Waals surface area contributed by atoms with E-state index in [1.54, 1.807) is 0 Å². The minimum Gasteiger partial charge on any atom is -0.370 e. The Hall–Kier alpha value is -1.02. The van der Waals surface area contributed by atoms with Gasteiger partial charge < -0.3 is 10.2 Å². The van der Waals surface area contributed by atoms with Crippen molar-refractivity contribution in [1.82, 2.24) is 5.32 Å². The Bertz CT molecular complexity index is 423. The van der Waals surface area contributed by atoms with Crippen molar-refractivity contribution in [2.24, 2.45) is 5.92 Å². The summed E-state index contributed by atoms with van der Waals surface area (Å²) in [4.78, 5) is 2.58. The van der Waals surface area contributed by atoms with Gasteiger partial charge in [-0.1, -0.05) is 6.07 Å². The molecule has 98 valence electrons. The highest BCUT2D eigenvalue weighted by Crippen LogP contribution is 2.34. The van der Waals surface area contributed by atoms with Crippen LogP contribution in [-0.2, 0) is 0 Å². The van der Waals surface area contributed by atoms with Gasteiger partial charge in [0.05, 0.1) is 0 Å². The summed E-state index contributed by atoms with van der Waals surface area (Å²) in [6.45, 7) is 7.97. The summed E-state index contributed by atoms with van der Waals surface area (Å²) in [6.07, 6.45) is 4.12. The number of benzene rings is 1. The van der Waals surface area contributed by atoms with Crippen LogP contribution in [0.15, 0.2) is 18.2 Å². The highest BCUT2D eigenvalue weighted by atomic mass is 15.2. The minimum absolute atomic E-state index is 0.717. The second-order valence-electron chi connectivity index (χ2n) is 5.97. The van der Waals surface area contributed by atoms with Crippen molar-refractivity contribution in [2.75, 3.05) is 24.5 Å². The maximum absolute atomic E-state index is 3.73. The van der Waals surface area contributed by atoms with E-state index in [1.165, 1.54) is 55.7 Å². The van der Waals surface area contributed by atoms with Gasteiger partial charge >= 0.3 is 0 Å². The number of hydrogen-bond donors (Lipinski definition) is 1. The lowest BCUT2D eigenvalue weighted by Gasteiger charge is -2.27. The lowest BCUT2D eigenvalue weighted by molar-refractivity contribution is 0.490. The molecule has 1 heterocycles. The molecule has 1 N–H and O–H groups in total. The van der Waals surface area contributed by atoms with Gasteiger partial charge in [-0.2, -0.15) is 0 Å². The predicted octanol–water partition coefficient (Wildman–Crippen LogP) is 2.88. The highest BCUT2D eigenvalue weighted by molar-refractivity contribution is 5.51. The van der Waals surface area contributed by atoms with Crippen LogP contribution < -0.4 is 10.2 Å². The van der Waals surface area contributed by atoms with Crippen LogP contribution in [0, 0.1) is 19.8 Å². The maximum atomic E-state index is 3.73. The smallest absolute Gasteiger partial charge is 0.0369 e. The van der Waals surface area contributed by atoms with Crippen molar-refractivity contribution in [3.63, 3.8) is 0 Å². The maximum Gasteiger partial charge on any atom is 0.0369 e. The SMILES string of the molecule is Cc1ccc(N2CCCNC(C3CC3)C2)cc1C. The molecular weight excluding hydrogens is 220 g/mol. The van der Waals surface area contributed by atoms with Crippen LogP contribution in [0.4, 0.5) is 5.69 Å². The first-order valence-corrected chi connectivity index (χ1v) is 7.29. The fourth-order valence-corrected chi connectivity index (χ4v) is 2.92. The van der Waals surface area contributed by atoms with E-state index in [1.807, 2.05) is 0 Å². The zero-order chi connectivity index (χ0) is 12.5. The molecule has 3 rings (SSSR count). The van der Waals surface area contributed by atoms with E-state index < -0.39 is 0 Å². The van der Waals surface area contributed by atoms with Crippen molar-refractivity contribution < 1.29 is 0 Å². The molecule has 1 aliphatic carbocycles. The van der Waals surface area contributed by atoms with Gasteiger partial charge in [0.1, 0.15) is 0 Å². The van der Waals surface area contributed by atoms with E-state index in [9.17, 15) is 0 Å². The third-order valence-electron chi connectivity index (χ3n) is 4.48. The molecule has 1 aromatic carbocycles. The summed E-state index contributed by atoms with van der Waals surface area (Å²) < 4.78 is 0. The molecule has 2 aliphatic rings. The number of nitrogens with one attached hydrogen (secondary N) is 1. The number of rotatable bonds is 2. The molecule has 0 spiro atoms. The second kappa shape index (κ2) is 4.93. The van der Waals surface area contributed by atoms with Crippen molar-refractivity contribution in [2.45, 2.75) is 39.2 Å². The van der Waals surface area contributed by atoms with E-state index in [0.29, 0.717) is 6.04 Å². The predicted molar refractivity (Wildman–Crippen MR) is 77.3 cm³/mol. The van der Waals surface area contributed by atoms with Gasteiger partial charge in [-0.05, 0) is 68.8 Å². The van der Waals surface area contributed by atoms with E-state index >= 15 is 0 Å². The zero-order valence-electron chi connectivity index (χ0n) is 11.6. The van der Waals surface area contributed by atoms with Crippen LogP contribution in [0.1, 0.15) is 30.4 Å². The van der Waals surface area contributed by atoms with Crippen molar-refractivity contribution in [3.05, 3.63) is 29.3 Å². The summed E-state index contributed by atoms with van der Waals surface area (Å²) >= 11 is 0. The number of nitrogens with zero attached hydrogens (tertiary/aromatic N) is 1. The number of anilines is 1. The second-order valence-corrected chi connectivity index (χ2v) is 5.97. The fourth-order valence-electron chi connectivity index (χ4n) is 2.92. The van der Waals surface area contributed by atoms with Gasteiger partial charge in [0, 0.05) is 24.8 Å². The van der Waals surface area contributed by atoms with Gasteiger partial charge in [0.25, 0.3) is 0 Å². The Morgan fingerprint density at radius 1 is 1.17 bits per heavy atom. The average Bonchev–Trinajstić information content (AvgIpc) is 3.16. The molecule has 1 atom stereocenters. The van der Waals surface area contributed by atoms with Crippen LogP contribution in [0.25, 0.3) is 0 Å². The summed E-state index contributed by atoms with van der Waals surface area (Å²) in [5, 5.41) is 3.73. The Kier molecular flexibility index (Phi) is 3.29. The highest BCUT2D eigenvalue weighted by Gasteiger charge is 2.33. The summed E-state index contributed by atoms with van der Waals surface area (Å²) in [6, 6.07) is 7.62. The van der Waals surface area contributed by atoms with Gasteiger partial charge in [-0.25, -0.2) is 0 Å². The molecule has 2 fully saturated rings. The summed E-state index contributed by atoms with van der Waals surface area (Å²) in [5.74, 6) is 0.942. The van der Waals surface area contributed by atoms with Crippen molar-refractivity contribution >= 4 is 5.69 Å². The minimum atomic E-state index is 0.717. The molecular formula is C16H24N2. The summed E-state index contributed by atoms with van der Waals surface area (Å²) in [5.41, 5.74) is 4.21. The molecule has 1 saturated heterocycles. The van der Waals surface area contributed by atoms with E-state index in [2.05, 4.69) is 42.3 Å². The quantitative estimate of drug-likeness (QED) is 0.860. The molecule has 1 unspecified atom stereocenters. The van der Waals surface area contributed by atoms with Crippen LogP contribution in [0.3, 0.4) is 0 Å². The average molecular weight is 244 g/mol. The zero-order valence-corrected chi connectivity index (χ0v) is 11.6. The standard InChI is InChI=1S/C16H24N2/c1-12-4-7-15(10-13(12)2)18-9-3-8-17-16(11-18)14-5-6-14/h4,7,10,14,16-17H,3,5-6,8-9,11H2,1-2H3. The van der Waals surface area contributed by atoms with Crippen LogP contribution in [-0.4, -0.2) is 25.7 Å². The van der Waals surface area contributed by atoms with Gasteiger partial charge in [0.2, 0.25) is 0 Å². The van der Waals surface area contributed by atoms with E-state index in [0.717, 1.165) is 5.92 Å². The molecule has 2 nitrogen and oxygen atoms in total. The third kappa shape index (κ3) is 2.54. The first kappa shape index (κ1) is 12.0. The molecule has 1 saturated carbocycles. The molecule has 0 aromatic heterocycles. The van der Waals surface area contributed by atoms with Crippen LogP contribution in [0.2, 0.25) is 0 Å². The number of aryl methyl sites for hydroxylation is 2. The van der Waals surface area contributed by atoms with Crippen LogP contribution in [0.5, 0.6) is 0 Å². The number of hydrogen-bond acceptors (Lipinski definition) is 2. The Balaban J connectivity index is 1.78. The van der Waals surface area contributed by atoms with Gasteiger partial charge in [-0.3, -0.25) is 0 Å². The Labute approximate surface area is 110 Å². The lowest BCUT2D eigenvalue weighted by Crippen LogP contribution is -2.39. The first-order valence-electron chi connectivity index (χ1n) is 7.29. The Morgan fingerprint density at radius 2 is 2.00 bits per heavy atom. The Morgan fingerprint density at radius 3 is 2.72 bits per heavy atom.